The summed E-state index contributed by atoms with van der Waals surface area (Å²) in [5.41, 5.74) is 5.17. The summed E-state index contributed by atoms with van der Waals surface area (Å²) in [4.78, 5) is 17.7. The quantitative estimate of drug-likeness (QED) is 0.812. The maximum Gasteiger partial charge on any atom is 0.244 e. The number of likely N-dealkylation sites (tertiary alicyclic amines) is 1. The molecular weight excluding hydrogens is 234 g/mol. The van der Waals surface area contributed by atoms with Gasteiger partial charge in [-0.05, 0) is 19.8 Å². The molecule has 0 aliphatic carbocycles. The van der Waals surface area contributed by atoms with Gasteiger partial charge in [0.25, 0.3) is 0 Å². The van der Waals surface area contributed by atoms with Crippen LogP contribution in [0.1, 0.15) is 19.8 Å². The molecule has 7 nitrogen and oxygen atoms in total. The Morgan fingerprint density at radius 1 is 1.67 bits per heavy atom. The van der Waals surface area contributed by atoms with Crippen LogP contribution < -0.4 is 5.73 Å². The Balaban J connectivity index is 1.96. The molecule has 1 amide bonds. The van der Waals surface area contributed by atoms with Crippen molar-refractivity contribution in [2.75, 3.05) is 25.9 Å². The minimum atomic E-state index is -0.241. The van der Waals surface area contributed by atoms with Gasteiger partial charge in [-0.2, -0.15) is 0 Å². The molecule has 0 spiro atoms. The highest BCUT2D eigenvalue weighted by molar-refractivity contribution is 5.76. The highest BCUT2D eigenvalue weighted by Gasteiger charge is 2.32. The molecule has 2 rings (SSSR count). The van der Waals surface area contributed by atoms with Crippen molar-refractivity contribution in [2.24, 2.45) is 0 Å². The maximum atomic E-state index is 12.1. The number of nitrogens with two attached hydrogens (primary N) is 1. The first-order chi connectivity index (χ1) is 8.52. The molecule has 1 unspecified atom stereocenters. The zero-order chi connectivity index (χ0) is 13.2. The van der Waals surface area contributed by atoms with Crippen LogP contribution in [0.3, 0.4) is 0 Å². The van der Waals surface area contributed by atoms with Gasteiger partial charge in [0.2, 0.25) is 11.9 Å². The summed E-state index contributed by atoms with van der Waals surface area (Å²) in [6.45, 7) is 3.58. The average Bonchev–Trinajstić information content (AvgIpc) is 2.75. The summed E-state index contributed by atoms with van der Waals surface area (Å²) in [5.74, 6) is 0.200. The highest BCUT2D eigenvalue weighted by atomic mass is 16.5. The van der Waals surface area contributed by atoms with E-state index in [4.69, 9.17) is 10.5 Å². The molecule has 0 saturated carbocycles. The zero-order valence-corrected chi connectivity index (χ0v) is 10.8. The number of hydrogen-bond donors (Lipinski definition) is 1. The van der Waals surface area contributed by atoms with Crippen molar-refractivity contribution in [3.63, 3.8) is 0 Å². The summed E-state index contributed by atoms with van der Waals surface area (Å²) in [6, 6.07) is 0. The van der Waals surface area contributed by atoms with Crippen molar-refractivity contribution in [3.8, 4) is 0 Å². The first-order valence-corrected chi connectivity index (χ1v) is 6.00. The molecule has 100 valence electrons. The summed E-state index contributed by atoms with van der Waals surface area (Å²) in [6.07, 6.45) is 3.39. The van der Waals surface area contributed by atoms with Crippen LogP contribution in [-0.4, -0.2) is 51.4 Å². The highest BCUT2D eigenvalue weighted by Crippen LogP contribution is 2.23. The van der Waals surface area contributed by atoms with Crippen LogP contribution in [0.25, 0.3) is 0 Å². The Kier molecular flexibility index (Phi) is 3.51. The molecule has 1 saturated heterocycles. The molecule has 1 aliphatic heterocycles. The standard InChI is InChI=1S/C11H19N5O2/c1-11(18-2)4-3-5-15(7-11)9(17)6-16-8-13-10(12)14-16/h8H,3-7H2,1-2H3,(H2,12,14). The Morgan fingerprint density at radius 2 is 2.44 bits per heavy atom. The van der Waals surface area contributed by atoms with Gasteiger partial charge in [-0.25, -0.2) is 9.67 Å². The molecule has 0 aromatic carbocycles. The number of rotatable bonds is 3. The SMILES string of the molecule is COC1(C)CCCN(C(=O)Cn2cnc(N)n2)C1. The van der Waals surface area contributed by atoms with E-state index in [-0.39, 0.29) is 24.0 Å². The number of nitrogens with zero attached hydrogens (tertiary/aromatic N) is 4. The first-order valence-electron chi connectivity index (χ1n) is 6.00. The van der Waals surface area contributed by atoms with E-state index in [0.717, 1.165) is 19.4 Å². The van der Waals surface area contributed by atoms with Crippen LogP contribution in [-0.2, 0) is 16.1 Å². The second kappa shape index (κ2) is 4.93. The van der Waals surface area contributed by atoms with E-state index in [1.807, 2.05) is 11.8 Å². The van der Waals surface area contributed by atoms with Crippen LogP contribution in [0.5, 0.6) is 0 Å². The third kappa shape index (κ3) is 2.79. The number of amides is 1. The molecule has 1 fully saturated rings. The van der Waals surface area contributed by atoms with Gasteiger partial charge in [0.15, 0.2) is 0 Å². The van der Waals surface area contributed by atoms with Crippen molar-refractivity contribution in [1.29, 1.82) is 0 Å². The first kappa shape index (κ1) is 12.8. The van der Waals surface area contributed by atoms with Crippen LogP contribution in [0.15, 0.2) is 6.33 Å². The molecule has 2 N–H and O–H groups in total. The lowest BCUT2D eigenvalue weighted by Crippen LogP contribution is -2.50. The van der Waals surface area contributed by atoms with Gasteiger partial charge in [0.1, 0.15) is 12.9 Å². The van der Waals surface area contributed by atoms with Gasteiger partial charge >= 0.3 is 0 Å². The van der Waals surface area contributed by atoms with Crippen LogP contribution in [0.2, 0.25) is 0 Å². The molecule has 2 heterocycles. The number of piperidine rings is 1. The molecule has 1 aromatic heterocycles. The average molecular weight is 253 g/mol. The van der Waals surface area contributed by atoms with E-state index in [2.05, 4.69) is 10.1 Å². The number of carbonyl (C=O) groups is 1. The minimum absolute atomic E-state index is 0.0166. The van der Waals surface area contributed by atoms with E-state index in [9.17, 15) is 4.79 Å². The summed E-state index contributed by atoms with van der Waals surface area (Å²) >= 11 is 0. The smallest absolute Gasteiger partial charge is 0.244 e. The molecule has 1 aromatic rings. The van der Waals surface area contributed by atoms with Gasteiger partial charge in [-0.15, -0.1) is 5.10 Å². The molecule has 7 heteroatoms. The number of carbonyl (C=O) groups excluding carboxylic acids is 1. The topological polar surface area (TPSA) is 86.3 Å². The summed E-state index contributed by atoms with van der Waals surface area (Å²) < 4.78 is 6.92. The number of anilines is 1. The van der Waals surface area contributed by atoms with Crippen molar-refractivity contribution >= 4 is 11.9 Å². The van der Waals surface area contributed by atoms with Gasteiger partial charge in [0, 0.05) is 20.2 Å². The van der Waals surface area contributed by atoms with E-state index >= 15 is 0 Å². The van der Waals surface area contributed by atoms with Crippen molar-refractivity contribution in [1.82, 2.24) is 19.7 Å². The maximum absolute atomic E-state index is 12.1. The Bertz CT molecular complexity index is 433. The monoisotopic (exact) mass is 253 g/mol. The molecule has 0 bridgehead atoms. The largest absolute Gasteiger partial charge is 0.377 e. The lowest BCUT2D eigenvalue weighted by molar-refractivity contribution is -0.140. The van der Waals surface area contributed by atoms with Crippen LogP contribution in [0, 0.1) is 0 Å². The molecule has 18 heavy (non-hydrogen) atoms. The lowest BCUT2D eigenvalue weighted by atomic mass is 9.95. The van der Waals surface area contributed by atoms with E-state index in [1.54, 1.807) is 7.11 Å². The fourth-order valence-corrected chi connectivity index (χ4v) is 2.21. The summed E-state index contributed by atoms with van der Waals surface area (Å²) in [5, 5.41) is 3.91. The van der Waals surface area contributed by atoms with Gasteiger partial charge in [-0.1, -0.05) is 0 Å². The number of methoxy groups -OCH3 is 1. The minimum Gasteiger partial charge on any atom is -0.377 e. The third-order valence-corrected chi connectivity index (χ3v) is 3.36. The fourth-order valence-electron chi connectivity index (χ4n) is 2.21. The fraction of sp³-hybridized carbons (Fsp3) is 0.727. The molecule has 0 radical (unpaired) electrons. The van der Waals surface area contributed by atoms with E-state index in [1.165, 1.54) is 11.0 Å². The number of ether oxygens (including phenoxy) is 1. The molecule has 1 atom stereocenters. The second-order valence-electron chi connectivity index (χ2n) is 4.87. The predicted molar refractivity (Wildman–Crippen MR) is 65.7 cm³/mol. The zero-order valence-electron chi connectivity index (χ0n) is 10.8. The van der Waals surface area contributed by atoms with E-state index < -0.39 is 0 Å². The molecular formula is C11H19N5O2. The Morgan fingerprint density at radius 3 is 3.06 bits per heavy atom. The van der Waals surface area contributed by atoms with Gasteiger partial charge in [-0.3, -0.25) is 4.79 Å². The third-order valence-electron chi connectivity index (χ3n) is 3.36. The Hall–Kier alpha value is -1.63. The van der Waals surface area contributed by atoms with Crippen LogP contribution >= 0.6 is 0 Å². The van der Waals surface area contributed by atoms with Crippen molar-refractivity contribution < 1.29 is 9.53 Å². The normalized spacial score (nSPS) is 24.2. The Labute approximate surface area is 106 Å². The second-order valence-corrected chi connectivity index (χ2v) is 4.87. The number of hydrogen-bond acceptors (Lipinski definition) is 5. The predicted octanol–water partition coefficient (Wildman–Crippen LogP) is -0.112. The lowest BCUT2D eigenvalue weighted by Gasteiger charge is -2.39. The summed E-state index contributed by atoms with van der Waals surface area (Å²) in [7, 11) is 1.69. The number of aromatic nitrogens is 3. The van der Waals surface area contributed by atoms with Crippen molar-refractivity contribution in [3.05, 3.63) is 6.33 Å². The van der Waals surface area contributed by atoms with Gasteiger partial charge < -0.3 is 15.4 Å². The van der Waals surface area contributed by atoms with Gasteiger partial charge in [0.05, 0.1) is 5.60 Å². The van der Waals surface area contributed by atoms with Crippen LogP contribution in [0.4, 0.5) is 5.95 Å². The van der Waals surface area contributed by atoms with E-state index in [0.29, 0.717) is 6.54 Å². The number of nitrogen functional groups attached to an aromatic ring is 1. The van der Waals surface area contributed by atoms with Crippen molar-refractivity contribution in [2.45, 2.75) is 31.9 Å². The molecule has 1 aliphatic rings.